The molecule has 1 aliphatic carbocycles. The SMILES string of the molecule is C.FC(F)(F)SNC1CCN(Cc2ccccc2)CC1COC1CC=C(c2ccc3[nH]ncc3c2)CC1. The van der Waals surface area contributed by atoms with Crippen LogP contribution in [-0.2, 0) is 11.3 Å². The number of piperidine rings is 1. The van der Waals surface area contributed by atoms with Gasteiger partial charge < -0.3 is 4.74 Å². The van der Waals surface area contributed by atoms with E-state index in [0.717, 1.165) is 43.3 Å². The number of benzene rings is 2. The van der Waals surface area contributed by atoms with Crippen LogP contribution in [0.3, 0.4) is 0 Å². The van der Waals surface area contributed by atoms with Gasteiger partial charge in [0, 0.05) is 48.9 Å². The van der Waals surface area contributed by atoms with Crippen molar-refractivity contribution in [3.05, 3.63) is 71.9 Å². The molecule has 5 nitrogen and oxygen atoms in total. The maximum Gasteiger partial charge on any atom is 0.456 e. The number of allylic oxidation sites excluding steroid dienone is 1. The number of nitrogens with zero attached hydrogens (tertiary/aromatic N) is 2. The van der Waals surface area contributed by atoms with Crippen molar-refractivity contribution in [3.63, 3.8) is 0 Å². The van der Waals surface area contributed by atoms with Crippen molar-refractivity contribution in [3.8, 4) is 0 Å². The van der Waals surface area contributed by atoms with E-state index in [2.05, 4.69) is 56.2 Å². The molecule has 1 saturated heterocycles. The zero-order valence-corrected chi connectivity index (χ0v) is 20.8. The van der Waals surface area contributed by atoms with Crippen LogP contribution in [0.1, 0.15) is 44.2 Å². The Hall–Kier alpha value is -2.33. The topological polar surface area (TPSA) is 53.2 Å². The van der Waals surface area contributed by atoms with Gasteiger partial charge in [-0.2, -0.15) is 18.3 Å². The summed E-state index contributed by atoms with van der Waals surface area (Å²) in [6.45, 7) is 2.73. The molecule has 9 heteroatoms. The van der Waals surface area contributed by atoms with E-state index in [0.29, 0.717) is 19.6 Å². The molecule has 1 aliphatic heterocycles. The van der Waals surface area contributed by atoms with E-state index in [1.807, 2.05) is 24.4 Å². The van der Waals surface area contributed by atoms with Gasteiger partial charge in [-0.15, -0.1) is 0 Å². The van der Waals surface area contributed by atoms with Gasteiger partial charge in [-0.3, -0.25) is 14.7 Å². The summed E-state index contributed by atoms with van der Waals surface area (Å²) < 4.78 is 47.6. The first-order valence-corrected chi connectivity index (χ1v) is 13.3. The van der Waals surface area contributed by atoms with Gasteiger partial charge in [0.2, 0.25) is 0 Å². The molecular formula is C28H35F3N4OS. The van der Waals surface area contributed by atoms with E-state index in [9.17, 15) is 13.2 Å². The van der Waals surface area contributed by atoms with Crippen molar-refractivity contribution >= 4 is 28.4 Å². The molecule has 1 aromatic heterocycles. The zero-order chi connectivity index (χ0) is 25.0. The largest absolute Gasteiger partial charge is 0.456 e. The van der Waals surface area contributed by atoms with E-state index in [-0.39, 0.29) is 37.4 Å². The van der Waals surface area contributed by atoms with Crippen molar-refractivity contribution in [1.29, 1.82) is 0 Å². The minimum absolute atomic E-state index is 0. The lowest BCUT2D eigenvalue weighted by atomic mass is 9.90. The molecule has 0 amide bonds. The van der Waals surface area contributed by atoms with E-state index in [1.165, 1.54) is 16.7 Å². The standard InChI is InChI=1S/C27H31F3N4OS.CH4/c28-27(29,30)36-33-26-12-13-34(16-19-4-2-1-3-5-19)17-23(26)18-35-24-9-6-20(7-10-24)21-8-11-25-22(14-21)15-31-32-25;/h1-6,8,11,14-15,23-24,26,33H,7,9-10,12-13,16-18H2,(H,31,32);1H4. The van der Waals surface area contributed by atoms with Crippen molar-refractivity contribution < 1.29 is 17.9 Å². The van der Waals surface area contributed by atoms with Gasteiger partial charge in [-0.25, -0.2) is 0 Å². The molecule has 0 bridgehead atoms. The number of halogens is 3. The highest BCUT2D eigenvalue weighted by Gasteiger charge is 2.35. The number of alkyl halides is 3. The van der Waals surface area contributed by atoms with Crippen LogP contribution < -0.4 is 4.72 Å². The predicted molar refractivity (Wildman–Crippen MR) is 145 cm³/mol. The summed E-state index contributed by atoms with van der Waals surface area (Å²) in [6, 6.07) is 16.3. The molecule has 2 aromatic carbocycles. The van der Waals surface area contributed by atoms with E-state index in [4.69, 9.17) is 4.74 Å². The number of aromatic amines is 1. The second kappa shape index (κ2) is 12.5. The van der Waals surface area contributed by atoms with Gasteiger partial charge in [0.05, 0.1) is 24.4 Å². The molecule has 3 atom stereocenters. The van der Waals surface area contributed by atoms with Gasteiger partial charge in [-0.05, 0) is 54.5 Å². The summed E-state index contributed by atoms with van der Waals surface area (Å²) in [5.74, 6) is -0.00816. The number of aromatic nitrogens is 2. The maximum atomic E-state index is 12.9. The van der Waals surface area contributed by atoms with Crippen LogP contribution in [0, 0.1) is 5.92 Å². The van der Waals surface area contributed by atoms with Crippen LogP contribution >= 0.6 is 11.9 Å². The quantitative estimate of drug-likeness (QED) is 0.313. The van der Waals surface area contributed by atoms with Crippen molar-refractivity contribution in [1.82, 2.24) is 19.8 Å². The monoisotopic (exact) mass is 532 g/mol. The van der Waals surface area contributed by atoms with Gasteiger partial charge in [0.25, 0.3) is 0 Å². The minimum atomic E-state index is -4.30. The number of ether oxygens (including phenoxy) is 1. The highest BCUT2D eigenvalue weighted by Crippen LogP contribution is 2.32. The molecule has 1 fully saturated rings. The molecule has 2 N–H and O–H groups in total. The highest BCUT2D eigenvalue weighted by atomic mass is 32.2. The van der Waals surface area contributed by atoms with Gasteiger partial charge in [0.15, 0.2) is 0 Å². The number of rotatable bonds is 8. The van der Waals surface area contributed by atoms with Gasteiger partial charge >= 0.3 is 5.51 Å². The van der Waals surface area contributed by atoms with Crippen LogP contribution in [0.2, 0.25) is 0 Å². The number of nitrogens with one attached hydrogen (secondary N) is 2. The minimum Gasteiger partial charge on any atom is -0.377 e. The first kappa shape index (κ1) is 27.7. The lowest BCUT2D eigenvalue weighted by molar-refractivity contribution is -0.0352. The summed E-state index contributed by atoms with van der Waals surface area (Å²) in [5, 5.41) is 8.17. The number of likely N-dealkylation sites (tertiary alicyclic amines) is 1. The van der Waals surface area contributed by atoms with Gasteiger partial charge in [-0.1, -0.05) is 49.9 Å². The fourth-order valence-corrected chi connectivity index (χ4v) is 5.78. The Morgan fingerprint density at radius 2 is 1.97 bits per heavy atom. The molecule has 0 spiro atoms. The normalized spacial score (nSPS) is 23.0. The third kappa shape index (κ3) is 7.60. The first-order chi connectivity index (χ1) is 17.4. The molecule has 37 heavy (non-hydrogen) atoms. The molecule has 3 aromatic rings. The average Bonchev–Trinajstić information content (AvgIpc) is 3.35. The molecular weight excluding hydrogens is 497 g/mol. The smallest absolute Gasteiger partial charge is 0.377 e. The predicted octanol–water partition coefficient (Wildman–Crippen LogP) is 6.80. The molecule has 0 radical (unpaired) electrons. The second-order valence-corrected chi connectivity index (χ2v) is 10.6. The van der Waals surface area contributed by atoms with Crippen LogP contribution in [0.15, 0.2) is 60.8 Å². The Kier molecular flexibility index (Phi) is 9.34. The Labute approximate surface area is 221 Å². The molecule has 200 valence electrons. The lowest BCUT2D eigenvalue weighted by Crippen LogP contribution is -2.49. The summed E-state index contributed by atoms with van der Waals surface area (Å²) >= 11 is -0.131. The third-order valence-electron chi connectivity index (χ3n) is 7.11. The molecule has 0 saturated carbocycles. The van der Waals surface area contributed by atoms with E-state index >= 15 is 0 Å². The van der Waals surface area contributed by atoms with E-state index < -0.39 is 5.51 Å². The summed E-state index contributed by atoms with van der Waals surface area (Å²) in [6.07, 6.45) is 7.47. The fraction of sp³-hybridized carbons (Fsp3) is 0.464. The van der Waals surface area contributed by atoms with Crippen LogP contribution in [0.4, 0.5) is 13.2 Å². The van der Waals surface area contributed by atoms with Crippen LogP contribution in [0.5, 0.6) is 0 Å². The molecule has 5 rings (SSSR count). The van der Waals surface area contributed by atoms with E-state index in [1.54, 1.807) is 0 Å². The highest BCUT2D eigenvalue weighted by molar-refractivity contribution is 7.98. The summed E-state index contributed by atoms with van der Waals surface area (Å²) in [4.78, 5) is 2.32. The molecule has 2 heterocycles. The Bertz CT molecular complexity index is 1170. The Morgan fingerprint density at radius 3 is 2.73 bits per heavy atom. The summed E-state index contributed by atoms with van der Waals surface area (Å²) in [5.41, 5.74) is 0.464. The van der Waals surface area contributed by atoms with Crippen LogP contribution in [0.25, 0.3) is 16.5 Å². The Balaban J connectivity index is 0.00000320. The number of hydrogen-bond donors (Lipinski definition) is 2. The molecule has 2 aliphatic rings. The lowest BCUT2D eigenvalue weighted by Gasteiger charge is -2.39. The Morgan fingerprint density at radius 1 is 1.14 bits per heavy atom. The number of H-pyrrole nitrogens is 1. The van der Waals surface area contributed by atoms with Crippen molar-refractivity contribution in [2.75, 3.05) is 19.7 Å². The van der Waals surface area contributed by atoms with Crippen molar-refractivity contribution in [2.45, 2.75) is 57.3 Å². The van der Waals surface area contributed by atoms with Gasteiger partial charge in [0.1, 0.15) is 0 Å². The van der Waals surface area contributed by atoms with Crippen LogP contribution in [-0.4, -0.2) is 52.4 Å². The average molecular weight is 533 g/mol. The fourth-order valence-electron chi connectivity index (χ4n) is 5.19. The van der Waals surface area contributed by atoms with Crippen molar-refractivity contribution in [2.24, 2.45) is 5.92 Å². The second-order valence-electron chi connectivity index (χ2n) is 9.67. The zero-order valence-electron chi connectivity index (χ0n) is 20.0. The third-order valence-corrected chi connectivity index (χ3v) is 7.76. The number of fused-ring (bicyclic) bond motifs is 1. The maximum absolute atomic E-state index is 12.9. The first-order valence-electron chi connectivity index (χ1n) is 12.4. The molecule has 3 unspecified atom stereocenters. The summed E-state index contributed by atoms with van der Waals surface area (Å²) in [7, 11) is 0. The number of hydrogen-bond acceptors (Lipinski definition) is 5.